The Kier molecular flexibility index (Phi) is 6.66. The normalized spacial score (nSPS) is 23.2. The Balaban J connectivity index is 0.00000208. The molecule has 0 spiro atoms. The van der Waals surface area contributed by atoms with E-state index < -0.39 is 0 Å². The van der Waals surface area contributed by atoms with E-state index in [-0.39, 0.29) is 30.1 Å². The number of nitrogens with zero attached hydrogens (tertiary/aromatic N) is 1. The maximum atomic E-state index is 12.3. The van der Waals surface area contributed by atoms with E-state index in [1.807, 2.05) is 25.1 Å². The Morgan fingerprint density at radius 1 is 1.46 bits per heavy atom. The van der Waals surface area contributed by atoms with Crippen LogP contribution < -0.4 is 15.5 Å². The summed E-state index contributed by atoms with van der Waals surface area (Å²) in [6.07, 6.45) is 2.56. The third-order valence-corrected chi connectivity index (χ3v) is 5.52. The molecule has 2 atom stereocenters. The number of hydrogen-bond donors (Lipinski definition) is 2. The summed E-state index contributed by atoms with van der Waals surface area (Å²) >= 11 is 3.47. The van der Waals surface area contributed by atoms with Gasteiger partial charge in [-0.25, -0.2) is 0 Å². The van der Waals surface area contributed by atoms with Crippen molar-refractivity contribution >= 4 is 45.8 Å². The van der Waals surface area contributed by atoms with E-state index in [1.165, 1.54) is 6.42 Å². The molecular weight excluding hydrogens is 394 g/mol. The van der Waals surface area contributed by atoms with Crippen molar-refractivity contribution in [1.29, 1.82) is 0 Å². The molecule has 0 aliphatic carbocycles. The van der Waals surface area contributed by atoms with Crippen LogP contribution in [0.2, 0.25) is 0 Å². The van der Waals surface area contributed by atoms with Crippen LogP contribution in [-0.4, -0.2) is 37.5 Å². The maximum absolute atomic E-state index is 12.3. The van der Waals surface area contributed by atoms with E-state index in [9.17, 15) is 9.59 Å². The van der Waals surface area contributed by atoms with E-state index in [0.29, 0.717) is 25.6 Å². The van der Waals surface area contributed by atoms with E-state index >= 15 is 0 Å². The summed E-state index contributed by atoms with van der Waals surface area (Å²) in [6.45, 7) is 4.14. The summed E-state index contributed by atoms with van der Waals surface area (Å²) in [7, 11) is 0. The van der Waals surface area contributed by atoms with Crippen LogP contribution in [0.4, 0.5) is 5.69 Å². The highest BCUT2D eigenvalue weighted by molar-refractivity contribution is 9.10. The molecule has 2 amide bonds. The number of hydrogen-bond acceptors (Lipinski definition) is 3. The number of nitrogens with one attached hydrogen (secondary N) is 2. The van der Waals surface area contributed by atoms with Gasteiger partial charge in [-0.1, -0.05) is 15.9 Å². The molecule has 0 saturated carbocycles. The van der Waals surface area contributed by atoms with Crippen LogP contribution in [0, 0.1) is 12.8 Å². The zero-order valence-corrected chi connectivity index (χ0v) is 16.1. The molecule has 2 aliphatic rings. The maximum Gasteiger partial charge on any atom is 0.227 e. The zero-order chi connectivity index (χ0) is 16.4. The molecule has 2 N–H and O–H groups in total. The predicted molar refractivity (Wildman–Crippen MR) is 101 cm³/mol. The molecule has 2 aliphatic heterocycles. The van der Waals surface area contributed by atoms with Gasteiger partial charge in [0.05, 0.1) is 5.92 Å². The van der Waals surface area contributed by atoms with Gasteiger partial charge >= 0.3 is 0 Å². The van der Waals surface area contributed by atoms with Gasteiger partial charge in [-0.05, 0) is 50.1 Å². The number of carbonyl (C=O) groups excluding carboxylic acids is 2. The molecule has 1 aromatic carbocycles. The fourth-order valence-corrected chi connectivity index (χ4v) is 3.48. The summed E-state index contributed by atoms with van der Waals surface area (Å²) in [5.74, 6) is -0.248. The van der Waals surface area contributed by atoms with Crippen molar-refractivity contribution in [2.24, 2.45) is 5.92 Å². The molecule has 2 saturated heterocycles. The van der Waals surface area contributed by atoms with Crippen molar-refractivity contribution in [3.8, 4) is 0 Å². The Morgan fingerprint density at radius 3 is 2.92 bits per heavy atom. The number of aryl methyl sites for hydroxylation is 1. The average Bonchev–Trinajstić information content (AvgIpc) is 3.17. The fraction of sp³-hybridized carbons (Fsp3) is 0.529. The predicted octanol–water partition coefficient (Wildman–Crippen LogP) is 2.40. The fourth-order valence-electron chi connectivity index (χ4n) is 3.23. The highest BCUT2D eigenvalue weighted by Crippen LogP contribution is 2.28. The SMILES string of the molecule is Cc1cc(N2CC(C(=O)NCC3CCCN3)CC2=O)ccc1Br.Cl. The lowest BCUT2D eigenvalue weighted by atomic mass is 10.1. The van der Waals surface area contributed by atoms with Gasteiger partial charge in [-0.2, -0.15) is 0 Å². The molecule has 3 rings (SSSR count). The lowest BCUT2D eigenvalue weighted by Crippen LogP contribution is -2.40. The molecule has 2 heterocycles. The van der Waals surface area contributed by atoms with E-state index in [2.05, 4.69) is 26.6 Å². The first-order chi connectivity index (χ1) is 11.0. The molecule has 0 bridgehead atoms. The van der Waals surface area contributed by atoms with Gasteiger partial charge in [0.15, 0.2) is 0 Å². The summed E-state index contributed by atoms with van der Waals surface area (Å²) in [5.41, 5.74) is 1.94. The zero-order valence-electron chi connectivity index (χ0n) is 13.7. The second-order valence-electron chi connectivity index (χ2n) is 6.38. The second-order valence-corrected chi connectivity index (χ2v) is 7.23. The molecule has 0 radical (unpaired) electrons. The topological polar surface area (TPSA) is 61.4 Å². The van der Waals surface area contributed by atoms with E-state index in [0.717, 1.165) is 28.7 Å². The average molecular weight is 417 g/mol. The Bertz CT molecular complexity index is 620. The molecule has 24 heavy (non-hydrogen) atoms. The van der Waals surface area contributed by atoms with Gasteiger partial charge in [-0.3, -0.25) is 9.59 Å². The Morgan fingerprint density at radius 2 is 2.25 bits per heavy atom. The largest absolute Gasteiger partial charge is 0.354 e. The van der Waals surface area contributed by atoms with Crippen LogP contribution >= 0.6 is 28.3 Å². The van der Waals surface area contributed by atoms with E-state index in [1.54, 1.807) is 4.90 Å². The number of rotatable bonds is 4. The molecule has 2 unspecified atom stereocenters. The van der Waals surface area contributed by atoms with E-state index in [4.69, 9.17) is 0 Å². The van der Waals surface area contributed by atoms with Gasteiger partial charge in [0.2, 0.25) is 11.8 Å². The summed E-state index contributed by atoms with van der Waals surface area (Å²) in [4.78, 5) is 26.3. The molecule has 1 aromatic rings. The summed E-state index contributed by atoms with van der Waals surface area (Å²) in [6, 6.07) is 6.21. The minimum absolute atomic E-state index is 0. The lowest BCUT2D eigenvalue weighted by Gasteiger charge is -2.18. The highest BCUT2D eigenvalue weighted by atomic mass is 79.9. The molecular formula is C17H23BrClN3O2. The molecule has 5 nitrogen and oxygen atoms in total. The number of carbonyl (C=O) groups is 2. The van der Waals surface area contributed by atoms with Crippen LogP contribution in [0.5, 0.6) is 0 Å². The first-order valence-corrected chi connectivity index (χ1v) is 8.91. The smallest absolute Gasteiger partial charge is 0.227 e. The van der Waals surface area contributed by atoms with Gasteiger partial charge in [0, 0.05) is 35.7 Å². The summed E-state index contributed by atoms with van der Waals surface area (Å²) < 4.78 is 1.02. The van der Waals surface area contributed by atoms with Crippen LogP contribution in [0.15, 0.2) is 22.7 Å². The van der Waals surface area contributed by atoms with Crippen molar-refractivity contribution in [2.45, 2.75) is 32.2 Å². The highest BCUT2D eigenvalue weighted by Gasteiger charge is 2.35. The number of amides is 2. The molecule has 7 heteroatoms. The van der Waals surface area contributed by atoms with Crippen LogP contribution in [0.3, 0.4) is 0 Å². The Hall–Kier alpha value is -1.11. The monoisotopic (exact) mass is 415 g/mol. The lowest BCUT2D eigenvalue weighted by molar-refractivity contribution is -0.126. The number of anilines is 1. The number of benzene rings is 1. The molecule has 132 valence electrons. The van der Waals surface area contributed by atoms with Crippen LogP contribution in [-0.2, 0) is 9.59 Å². The second kappa shape index (κ2) is 8.32. The third-order valence-electron chi connectivity index (χ3n) is 4.63. The quantitative estimate of drug-likeness (QED) is 0.792. The van der Waals surface area contributed by atoms with Crippen molar-refractivity contribution in [3.05, 3.63) is 28.2 Å². The Labute approximate surface area is 157 Å². The van der Waals surface area contributed by atoms with Crippen molar-refractivity contribution in [1.82, 2.24) is 10.6 Å². The third kappa shape index (κ3) is 4.29. The molecule has 2 fully saturated rings. The van der Waals surface area contributed by atoms with Crippen molar-refractivity contribution in [2.75, 3.05) is 24.5 Å². The number of halogens is 2. The molecule has 0 aromatic heterocycles. The van der Waals surface area contributed by atoms with Crippen LogP contribution in [0.1, 0.15) is 24.8 Å². The standard InChI is InChI=1S/C17H22BrN3O2.ClH/c1-11-7-14(4-5-15(11)18)21-10-12(8-16(21)22)17(23)20-9-13-3-2-6-19-13;/h4-5,7,12-13,19H,2-3,6,8-10H2,1H3,(H,20,23);1H. The minimum atomic E-state index is -0.257. The van der Waals surface area contributed by atoms with Crippen LogP contribution in [0.25, 0.3) is 0 Å². The first kappa shape index (κ1) is 19.2. The van der Waals surface area contributed by atoms with Gasteiger partial charge in [0.25, 0.3) is 0 Å². The van der Waals surface area contributed by atoms with Gasteiger partial charge in [-0.15, -0.1) is 12.4 Å². The van der Waals surface area contributed by atoms with Crippen molar-refractivity contribution < 1.29 is 9.59 Å². The first-order valence-electron chi connectivity index (χ1n) is 8.12. The van der Waals surface area contributed by atoms with Crippen molar-refractivity contribution in [3.63, 3.8) is 0 Å². The van der Waals surface area contributed by atoms with Gasteiger partial charge in [0.1, 0.15) is 0 Å². The van der Waals surface area contributed by atoms with Gasteiger partial charge < -0.3 is 15.5 Å². The summed E-state index contributed by atoms with van der Waals surface area (Å²) in [5, 5.41) is 6.35. The minimum Gasteiger partial charge on any atom is -0.354 e.